The average molecular weight is 275 g/mol. The van der Waals surface area contributed by atoms with Crippen molar-refractivity contribution < 1.29 is 4.74 Å². The van der Waals surface area contributed by atoms with Crippen molar-refractivity contribution in [3.63, 3.8) is 0 Å². The van der Waals surface area contributed by atoms with Gasteiger partial charge in [-0.3, -0.25) is 0 Å². The molecule has 2 nitrogen and oxygen atoms in total. The van der Waals surface area contributed by atoms with Crippen LogP contribution in [0.2, 0.25) is 0 Å². The maximum atomic E-state index is 5.85. The molecule has 1 heterocycles. The van der Waals surface area contributed by atoms with E-state index in [2.05, 4.69) is 43.9 Å². The van der Waals surface area contributed by atoms with Gasteiger partial charge in [0.05, 0.1) is 6.61 Å². The zero-order valence-corrected chi connectivity index (χ0v) is 13.3. The molecule has 0 spiro atoms. The molecule has 0 amide bonds. The first kappa shape index (κ1) is 15.4. The van der Waals surface area contributed by atoms with Gasteiger partial charge >= 0.3 is 0 Å². The topological polar surface area (TPSA) is 12.5 Å². The van der Waals surface area contributed by atoms with Gasteiger partial charge in [-0.05, 0) is 68.9 Å². The minimum absolute atomic E-state index is 0.737. The highest BCUT2D eigenvalue weighted by molar-refractivity contribution is 5.37. The third-order valence-corrected chi connectivity index (χ3v) is 4.46. The van der Waals surface area contributed by atoms with E-state index in [1.807, 2.05) is 0 Å². The molecule has 0 atom stereocenters. The number of benzene rings is 1. The molecule has 0 N–H and O–H groups in total. The van der Waals surface area contributed by atoms with Gasteiger partial charge in [-0.25, -0.2) is 0 Å². The molecule has 1 aromatic carbocycles. The third-order valence-electron chi connectivity index (χ3n) is 4.46. The normalized spacial score (nSPS) is 17.4. The standard InChI is InChI=1S/C18H29NO/c1-4-6-13-20-18-8-7-17(14-15(18)3)16-9-11-19(5-2)12-10-16/h7-8,14,16H,4-6,9-13H2,1-3H3. The summed E-state index contributed by atoms with van der Waals surface area (Å²) in [5, 5.41) is 0. The van der Waals surface area contributed by atoms with Crippen molar-refractivity contribution >= 4 is 0 Å². The number of aryl methyl sites for hydroxylation is 1. The van der Waals surface area contributed by atoms with Gasteiger partial charge in [0, 0.05) is 0 Å². The minimum atomic E-state index is 0.737. The van der Waals surface area contributed by atoms with E-state index in [0.717, 1.165) is 24.7 Å². The van der Waals surface area contributed by atoms with Crippen molar-refractivity contribution in [2.75, 3.05) is 26.2 Å². The molecule has 0 unspecified atom stereocenters. The molecule has 2 rings (SSSR count). The number of likely N-dealkylation sites (tertiary alicyclic amines) is 1. The summed E-state index contributed by atoms with van der Waals surface area (Å²) in [5.41, 5.74) is 2.79. The maximum Gasteiger partial charge on any atom is 0.122 e. The zero-order valence-electron chi connectivity index (χ0n) is 13.3. The van der Waals surface area contributed by atoms with Crippen molar-refractivity contribution in [1.82, 2.24) is 4.90 Å². The van der Waals surface area contributed by atoms with Gasteiger partial charge in [-0.1, -0.05) is 32.4 Å². The molecule has 20 heavy (non-hydrogen) atoms. The molecule has 1 aliphatic heterocycles. The molecule has 0 saturated carbocycles. The summed E-state index contributed by atoms with van der Waals surface area (Å²) < 4.78 is 5.85. The number of unbranched alkanes of at least 4 members (excludes halogenated alkanes) is 1. The SMILES string of the molecule is CCCCOc1ccc(C2CCN(CC)CC2)cc1C. The van der Waals surface area contributed by atoms with Gasteiger partial charge in [0.25, 0.3) is 0 Å². The number of piperidine rings is 1. The van der Waals surface area contributed by atoms with Crippen LogP contribution in [0.25, 0.3) is 0 Å². The lowest BCUT2D eigenvalue weighted by Gasteiger charge is -2.31. The Kier molecular flexibility index (Phi) is 5.90. The predicted molar refractivity (Wildman–Crippen MR) is 85.7 cm³/mol. The van der Waals surface area contributed by atoms with Crippen molar-refractivity contribution in [1.29, 1.82) is 0 Å². The lowest BCUT2D eigenvalue weighted by atomic mass is 9.88. The fraction of sp³-hybridized carbons (Fsp3) is 0.667. The summed E-state index contributed by atoms with van der Waals surface area (Å²) in [6.45, 7) is 11.1. The molecule has 1 saturated heterocycles. The molecule has 1 fully saturated rings. The highest BCUT2D eigenvalue weighted by Crippen LogP contribution is 2.31. The predicted octanol–water partition coefficient (Wildman–Crippen LogP) is 4.37. The molecule has 112 valence electrons. The quantitative estimate of drug-likeness (QED) is 0.715. The van der Waals surface area contributed by atoms with Gasteiger partial charge in [-0.15, -0.1) is 0 Å². The van der Waals surface area contributed by atoms with E-state index < -0.39 is 0 Å². The fourth-order valence-electron chi connectivity index (χ4n) is 3.00. The second-order valence-corrected chi connectivity index (χ2v) is 5.94. The van der Waals surface area contributed by atoms with Crippen LogP contribution in [0.4, 0.5) is 0 Å². The first-order chi connectivity index (χ1) is 9.74. The van der Waals surface area contributed by atoms with E-state index in [1.54, 1.807) is 0 Å². The van der Waals surface area contributed by atoms with Crippen molar-refractivity contribution in [2.45, 2.75) is 52.4 Å². The van der Waals surface area contributed by atoms with Gasteiger partial charge < -0.3 is 9.64 Å². The number of rotatable bonds is 6. The molecule has 1 aliphatic rings. The Morgan fingerprint density at radius 2 is 1.95 bits per heavy atom. The Bertz CT molecular complexity index is 408. The fourth-order valence-corrected chi connectivity index (χ4v) is 3.00. The second-order valence-electron chi connectivity index (χ2n) is 5.94. The number of hydrogen-bond acceptors (Lipinski definition) is 2. The molecule has 0 aromatic heterocycles. The van der Waals surface area contributed by atoms with Crippen LogP contribution < -0.4 is 4.74 Å². The van der Waals surface area contributed by atoms with Crippen LogP contribution in [0.1, 0.15) is 56.6 Å². The first-order valence-corrected chi connectivity index (χ1v) is 8.20. The van der Waals surface area contributed by atoms with Crippen LogP contribution in [0.5, 0.6) is 5.75 Å². The lowest BCUT2D eigenvalue weighted by Crippen LogP contribution is -2.32. The van der Waals surface area contributed by atoms with Gasteiger partial charge in [0.15, 0.2) is 0 Å². The Hall–Kier alpha value is -1.02. The van der Waals surface area contributed by atoms with Crippen LogP contribution in [-0.4, -0.2) is 31.1 Å². The Morgan fingerprint density at radius 1 is 1.20 bits per heavy atom. The third kappa shape index (κ3) is 3.99. The zero-order chi connectivity index (χ0) is 14.4. The Balaban J connectivity index is 1.95. The summed E-state index contributed by atoms with van der Waals surface area (Å²) in [6, 6.07) is 6.79. The van der Waals surface area contributed by atoms with Crippen molar-refractivity contribution in [3.8, 4) is 5.75 Å². The number of nitrogens with zero attached hydrogens (tertiary/aromatic N) is 1. The van der Waals surface area contributed by atoms with Gasteiger partial charge in [-0.2, -0.15) is 0 Å². The van der Waals surface area contributed by atoms with Crippen molar-refractivity contribution in [3.05, 3.63) is 29.3 Å². The lowest BCUT2D eigenvalue weighted by molar-refractivity contribution is 0.222. The number of ether oxygens (including phenoxy) is 1. The van der Waals surface area contributed by atoms with E-state index in [0.29, 0.717) is 0 Å². The Morgan fingerprint density at radius 3 is 2.55 bits per heavy atom. The smallest absolute Gasteiger partial charge is 0.122 e. The van der Waals surface area contributed by atoms with E-state index in [1.165, 1.54) is 50.0 Å². The van der Waals surface area contributed by atoms with E-state index in [9.17, 15) is 0 Å². The van der Waals surface area contributed by atoms with Crippen LogP contribution in [0.15, 0.2) is 18.2 Å². The van der Waals surface area contributed by atoms with Crippen molar-refractivity contribution in [2.24, 2.45) is 0 Å². The molecular weight excluding hydrogens is 246 g/mol. The first-order valence-electron chi connectivity index (χ1n) is 8.20. The minimum Gasteiger partial charge on any atom is -0.493 e. The average Bonchev–Trinajstić information content (AvgIpc) is 2.49. The number of hydrogen-bond donors (Lipinski definition) is 0. The summed E-state index contributed by atoms with van der Waals surface area (Å²) in [6.07, 6.45) is 4.91. The summed E-state index contributed by atoms with van der Waals surface area (Å²) in [4.78, 5) is 2.55. The highest BCUT2D eigenvalue weighted by atomic mass is 16.5. The maximum absolute atomic E-state index is 5.85. The molecule has 0 bridgehead atoms. The second kappa shape index (κ2) is 7.68. The van der Waals surface area contributed by atoms with Crippen LogP contribution >= 0.6 is 0 Å². The van der Waals surface area contributed by atoms with Crippen LogP contribution in [-0.2, 0) is 0 Å². The van der Waals surface area contributed by atoms with Gasteiger partial charge in [0.2, 0.25) is 0 Å². The van der Waals surface area contributed by atoms with Crippen LogP contribution in [0, 0.1) is 6.92 Å². The highest BCUT2D eigenvalue weighted by Gasteiger charge is 2.19. The van der Waals surface area contributed by atoms with Gasteiger partial charge in [0.1, 0.15) is 5.75 Å². The summed E-state index contributed by atoms with van der Waals surface area (Å²) in [7, 11) is 0. The summed E-state index contributed by atoms with van der Waals surface area (Å²) >= 11 is 0. The van der Waals surface area contributed by atoms with Crippen LogP contribution in [0.3, 0.4) is 0 Å². The van der Waals surface area contributed by atoms with E-state index in [-0.39, 0.29) is 0 Å². The molecule has 2 heteroatoms. The molecular formula is C18H29NO. The Labute approximate surface area is 124 Å². The monoisotopic (exact) mass is 275 g/mol. The largest absolute Gasteiger partial charge is 0.493 e. The van der Waals surface area contributed by atoms with E-state index in [4.69, 9.17) is 4.74 Å². The summed E-state index contributed by atoms with van der Waals surface area (Å²) in [5.74, 6) is 1.80. The molecule has 0 aliphatic carbocycles. The van der Waals surface area contributed by atoms with E-state index >= 15 is 0 Å². The molecule has 0 radical (unpaired) electrons. The molecule has 1 aromatic rings.